The highest BCUT2D eigenvalue weighted by atomic mass is 19.4. The number of aromatic nitrogens is 3. The molecule has 0 unspecified atom stereocenters. The second-order valence-corrected chi connectivity index (χ2v) is 6.82. The second kappa shape index (κ2) is 9.06. The molecule has 0 atom stereocenters. The van der Waals surface area contributed by atoms with E-state index in [9.17, 15) is 18.0 Å². The van der Waals surface area contributed by atoms with Gasteiger partial charge in [-0.1, -0.05) is 0 Å². The molecule has 1 fully saturated rings. The molecule has 0 spiro atoms. The fourth-order valence-electron chi connectivity index (χ4n) is 3.09. The van der Waals surface area contributed by atoms with E-state index >= 15 is 0 Å². The van der Waals surface area contributed by atoms with Gasteiger partial charge in [-0.05, 0) is 38.3 Å². The summed E-state index contributed by atoms with van der Waals surface area (Å²) in [5, 5.41) is 5.79. The van der Waals surface area contributed by atoms with Crippen LogP contribution in [-0.4, -0.2) is 47.0 Å². The number of halogens is 3. The molecule has 1 saturated heterocycles. The number of hydrogen-bond donors (Lipinski definition) is 2. The third kappa shape index (κ3) is 5.78. The van der Waals surface area contributed by atoms with Crippen LogP contribution in [0.15, 0.2) is 24.4 Å². The molecule has 0 saturated carbocycles. The van der Waals surface area contributed by atoms with Crippen molar-refractivity contribution < 1.29 is 18.0 Å². The van der Waals surface area contributed by atoms with Crippen LogP contribution < -0.4 is 15.5 Å². The fraction of sp³-hybridized carbons (Fsp3) is 0.474. The zero-order chi connectivity index (χ0) is 20.9. The first-order valence-corrected chi connectivity index (χ1v) is 9.49. The molecule has 2 N–H and O–H groups in total. The number of hydrogen-bond acceptors (Lipinski definition) is 6. The van der Waals surface area contributed by atoms with Crippen molar-refractivity contribution in [3.63, 3.8) is 0 Å². The molecule has 3 rings (SSSR count). The lowest BCUT2D eigenvalue weighted by Gasteiger charge is -2.28. The van der Waals surface area contributed by atoms with Gasteiger partial charge in [0.25, 0.3) is 5.91 Å². The maximum absolute atomic E-state index is 12.5. The number of aryl methyl sites for hydroxylation is 1. The number of alkyl halides is 3. The first-order chi connectivity index (χ1) is 13.8. The molecule has 0 aromatic carbocycles. The third-order valence-corrected chi connectivity index (χ3v) is 4.54. The molecular weight excluding hydrogens is 385 g/mol. The van der Waals surface area contributed by atoms with Crippen LogP contribution in [0, 0.1) is 6.92 Å². The Labute approximate surface area is 166 Å². The van der Waals surface area contributed by atoms with Gasteiger partial charge in [0.15, 0.2) is 0 Å². The van der Waals surface area contributed by atoms with Gasteiger partial charge in [0, 0.05) is 38.4 Å². The quantitative estimate of drug-likeness (QED) is 0.715. The van der Waals surface area contributed by atoms with Crippen molar-refractivity contribution in [1.29, 1.82) is 0 Å². The number of nitrogens with one attached hydrogen (secondary N) is 2. The summed E-state index contributed by atoms with van der Waals surface area (Å²) in [6, 6.07) is 3.79. The summed E-state index contributed by atoms with van der Waals surface area (Å²) < 4.78 is 37.6. The predicted molar refractivity (Wildman–Crippen MR) is 103 cm³/mol. The van der Waals surface area contributed by atoms with E-state index in [1.54, 1.807) is 0 Å². The van der Waals surface area contributed by atoms with Crippen LogP contribution in [0.3, 0.4) is 0 Å². The summed E-state index contributed by atoms with van der Waals surface area (Å²) in [5.74, 6) is 1.74. The topological polar surface area (TPSA) is 83.0 Å². The standard InChI is InChI=1S/C19H23F3N6O/c1-13-26-16(11-17(27-13)28-9-3-2-4-10-28)23-7-8-24-18(29)14-5-6-15(25-12-14)19(20,21)22/h5-6,11-12H,2-4,7-10H2,1H3,(H,24,29)(H,23,26,27). The Morgan fingerprint density at radius 2 is 1.90 bits per heavy atom. The molecule has 3 heterocycles. The van der Waals surface area contributed by atoms with Crippen LogP contribution in [0.4, 0.5) is 24.8 Å². The zero-order valence-electron chi connectivity index (χ0n) is 16.1. The molecule has 156 valence electrons. The van der Waals surface area contributed by atoms with Crippen molar-refractivity contribution in [3.8, 4) is 0 Å². The molecular formula is C19H23F3N6O. The minimum Gasteiger partial charge on any atom is -0.368 e. The summed E-state index contributed by atoms with van der Waals surface area (Å²) in [6.07, 6.45) is -0.0704. The monoisotopic (exact) mass is 408 g/mol. The summed E-state index contributed by atoms with van der Waals surface area (Å²) in [6.45, 7) is 4.48. The Morgan fingerprint density at radius 3 is 2.55 bits per heavy atom. The van der Waals surface area contributed by atoms with Crippen LogP contribution in [-0.2, 0) is 6.18 Å². The highest BCUT2D eigenvalue weighted by Gasteiger charge is 2.32. The molecule has 10 heteroatoms. The molecule has 2 aromatic rings. The van der Waals surface area contributed by atoms with Crippen molar-refractivity contribution in [3.05, 3.63) is 41.5 Å². The van der Waals surface area contributed by atoms with Gasteiger partial charge < -0.3 is 15.5 Å². The summed E-state index contributed by atoms with van der Waals surface area (Å²) >= 11 is 0. The van der Waals surface area contributed by atoms with E-state index in [0.29, 0.717) is 18.2 Å². The van der Waals surface area contributed by atoms with E-state index in [4.69, 9.17) is 0 Å². The van der Waals surface area contributed by atoms with Crippen LogP contribution in [0.5, 0.6) is 0 Å². The number of pyridine rings is 1. The summed E-state index contributed by atoms with van der Waals surface area (Å²) in [5.41, 5.74) is -0.956. The Morgan fingerprint density at radius 1 is 1.14 bits per heavy atom. The zero-order valence-corrected chi connectivity index (χ0v) is 16.1. The maximum atomic E-state index is 12.5. The van der Waals surface area contributed by atoms with Crippen LogP contribution in [0.2, 0.25) is 0 Å². The molecule has 0 bridgehead atoms. The van der Waals surface area contributed by atoms with Gasteiger partial charge in [0.2, 0.25) is 0 Å². The number of piperidine rings is 1. The minimum absolute atomic E-state index is 0.0725. The average Bonchev–Trinajstić information content (AvgIpc) is 2.71. The average molecular weight is 408 g/mol. The van der Waals surface area contributed by atoms with E-state index in [2.05, 4.69) is 30.5 Å². The summed E-state index contributed by atoms with van der Waals surface area (Å²) in [7, 11) is 0. The first kappa shape index (κ1) is 20.8. The third-order valence-electron chi connectivity index (χ3n) is 4.54. The van der Waals surface area contributed by atoms with Gasteiger partial charge in [0.1, 0.15) is 23.2 Å². The normalized spacial score (nSPS) is 14.6. The van der Waals surface area contributed by atoms with E-state index in [0.717, 1.165) is 50.1 Å². The molecule has 1 amide bonds. The predicted octanol–water partition coefficient (Wildman–Crippen LogP) is 3.03. The van der Waals surface area contributed by atoms with Crippen LogP contribution in [0.25, 0.3) is 0 Å². The van der Waals surface area contributed by atoms with E-state index in [1.165, 1.54) is 6.42 Å². The highest BCUT2D eigenvalue weighted by molar-refractivity contribution is 5.93. The molecule has 1 aliphatic rings. The van der Waals surface area contributed by atoms with E-state index in [-0.39, 0.29) is 12.1 Å². The number of carbonyl (C=O) groups excluding carboxylic acids is 1. The van der Waals surface area contributed by atoms with Crippen LogP contribution in [0.1, 0.15) is 41.1 Å². The van der Waals surface area contributed by atoms with Gasteiger partial charge in [-0.15, -0.1) is 0 Å². The highest BCUT2D eigenvalue weighted by Crippen LogP contribution is 2.27. The molecule has 2 aromatic heterocycles. The largest absolute Gasteiger partial charge is 0.433 e. The maximum Gasteiger partial charge on any atom is 0.433 e. The fourth-order valence-corrected chi connectivity index (χ4v) is 3.09. The van der Waals surface area contributed by atoms with Gasteiger partial charge in [0.05, 0.1) is 5.56 Å². The lowest BCUT2D eigenvalue weighted by atomic mass is 10.1. The molecule has 0 aliphatic carbocycles. The SMILES string of the molecule is Cc1nc(NCCNC(=O)c2ccc(C(F)(F)F)nc2)cc(N2CCCCC2)n1. The Hall–Kier alpha value is -2.91. The second-order valence-electron chi connectivity index (χ2n) is 6.82. The lowest BCUT2D eigenvalue weighted by molar-refractivity contribution is -0.141. The molecule has 7 nitrogen and oxygen atoms in total. The van der Waals surface area contributed by atoms with Crippen LogP contribution >= 0.6 is 0 Å². The Kier molecular flexibility index (Phi) is 6.50. The van der Waals surface area contributed by atoms with Crippen molar-refractivity contribution in [2.45, 2.75) is 32.4 Å². The van der Waals surface area contributed by atoms with Gasteiger partial charge >= 0.3 is 6.18 Å². The molecule has 0 radical (unpaired) electrons. The summed E-state index contributed by atoms with van der Waals surface area (Å²) in [4.78, 5) is 26.4. The minimum atomic E-state index is -4.53. The van der Waals surface area contributed by atoms with E-state index in [1.807, 2.05) is 13.0 Å². The molecule has 1 aliphatic heterocycles. The number of carbonyl (C=O) groups is 1. The van der Waals surface area contributed by atoms with Crippen molar-refractivity contribution in [2.24, 2.45) is 0 Å². The number of anilines is 2. The lowest BCUT2D eigenvalue weighted by Crippen LogP contribution is -2.31. The number of nitrogens with zero attached hydrogens (tertiary/aromatic N) is 4. The Balaban J connectivity index is 1.50. The van der Waals surface area contributed by atoms with Crippen molar-refractivity contribution >= 4 is 17.5 Å². The molecule has 29 heavy (non-hydrogen) atoms. The van der Waals surface area contributed by atoms with E-state index < -0.39 is 17.8 Å². The van der Waals surface area contributed by atoms with Crippen molar-refractivity contribution in [2.75, 3.05) is 36.4 Å². The number of rotatable bonds is 6. The van der Waals surface area contributed by atoms with Gasteiger partial charge in [-0.3, -0.25) is 9.78 Å². The Bertz CT molecular complexity index is 835. The van der Waals surface area contributed by atoms with Crippen molar-refractivity contribution in [1.82, 2.24) is 20.3 Å². The first-order valence-electron chi connectivity index (χ1n) is 9.49. The van der Waals surface area contributed by atoms with Gasteiger partial charge in [-0.25, -0.2) is 9.97 Å². The number of amides is 1. The smallest absolute Gasteiger partial charge is 0.368 e. The van der Waals surface area contributed by atoms with Gasteiger partial charge in [-0.2, -0.15) is 13.2 Å².